The van der Waals surface area contributed by atoms with Gasteiger partial charge in [-0.15, -0.1) is 0 Å². The van der Waals surface area contributed by atoms with Gasteiger partial charge in [0, 0.05) is 16.7 Å². The molecule has 208 valence electrons. The molecule has 0 saturated carbocycles. The number of unbranched alkanes of at least 4 members (excludes halogenated alkanes) is 6. The average molecular weight is 652 g/mol. The maximum Gasteiger partial charge on any atom is 0.403 e. The van der Waals surface area contributed by atoms with Gasteiger partial charge in [0.15, 0.2) is 0 Å². The first kappa shape index (κ1) is 33.0. The van der Waals surface area contributed by atoms with Gasteiger partial charge in [0.25, 0.3) is 0 Å². The number of halogens is 1. The first-order valence-corrected chi connectivity index (χ1v) is 18.7. The molecule has 3 heteroatoms. The summed E-state index contributed by atoms with van der Waals surface area (Å²) >= 11 is 2.36. The molecule has 39 heavy (non-hydrogen) atoms. The van der Waals surface area contributed by atoms with E-state index in [-0.39, 0.29) is 0 Å². The quantitative estimate of drug-likeness (QED) is 0.0705. The van der Waals surface area contributed by atoms with Gasteiger partial charge in [-0.25, -0.2) is 0 Å². The average Bonchev–Trinajstić information content (AvgIpc) is 2.93. The third-order valence-electron chi connectivity index (χ3n) is 6.34. The molecule has 2 N–H and O–H groups in total. The number of hydrogen-bond acceptors (Lipinski definition) is 0. The van der Waals surface area contributed by atoms with E-state index in [1.165, 1.54) is 82.0 Å². The van der Waals surface area contributed by atoms with Crippen LogP contribution in [0.2, 0.25) is 13.1 Å². The predicted molar refractivity (Wildman–Crippen MR) is 188 cm³/mol. The Kier molecular flexibility index (Phi) is 16.0. The molecule has 0 aromatic heterocycles. The normalized spacial score (nSPS) is 11.4. The summed E-state index contributed by atoms with van der Waals surface area (Å²) in [5.41, 5.74) is 3.45. The van der Waals surface area contributed by atoms with Crippen molar-refractivity contribution < 1.29 is 4.80 Å². The maximum absolute atomic E-state index is 7.66. The smallest absolute Gasteiger partial charge is 0.403 e. The molecule has 0 amide bonds. The van der Waals surface area contributed by atoms with Gasteiger partial charge < -0.3 is 4.80 Å². The lowest BCUT2D eigenvalue weighted by molar-refractivity contribution is 0.567. The van der Waals surface area contributed by atoms with E-state index in [9.17, 15) is 0 Å². The van der Waals surface area contributed by atoms with Gasteiger partial charge in [-0.2, -0.15) is 0 Å². The van der Waals surface area contributed by atoms with Gasteiger partial charge in [-0.05, 0) is 87.1 Å². The van der Waals surface area contributed by atoms with Crippen molar-refractivity contribution in [3.63, 3.8) is 0 Å². The van der Waals surface area contributed by atoms with Crippen molar-refractivity contribution in [1.82, 2.24) is 0 Å². The molecule has 4 aromatic carbocycles. The van der Waals surface area contributed by atoms with Gasteiger partial charge in [0.1, 0.15) is 0 Å². The van der Waals surface area contributed by atoms with Gasteiger partial charge in [0.05, 0.1) is 0 Å². The van der Waals surface area contributed by atoms with Crippen LogP contribution in [-0.2, 0) is 0 Å². The Morgan fingerprint density at radius 2 is 1.15 bits per heavy atom. The van der Waals surface area contributed by atoms with Crippen molar-refractivity contribution in [2.45, 2.75) is 78.3 Å². The fourth-order valence-electron chi connectivity index (χ4n) is 4.19. The molecule has 0 saturated heterocycles. The number of allylic oxidation sites excluding steroid dienone is 2. The van der Waals surface area contributed by atoms with E-state index in [1.807, 2.05) is 13.1 Å². The number of fused-ring (bicyclic) bond motifs is 2. The first-order chi connectivity index (χ1) is 18.9. The Morgan fingerprint density at radius 3 is 1.74 bits per heavy atom. The largest absolute Gasteiger partial charge is 0.539 e. The zero-order valence-electron chi connectivity index (χ0n) is 24.4. The highest BCUT2D eigenvalue weighted by Crippen LogP contribution is 2.20. The molecular formula is C36H48IOSi+. The van der Waals surface area contributed by atoms with Crippen LogP contribution in [0.15, 0.2) is 103 Å². The fraction of sp³-hybridized carbons (Fsp3) is 0.333. The second kappa shape index (κ2) is 19.0. The Labute approximate surface area is 252 Å². The van der Waals surface area contributed by atoms with E-state index in [2.05, 4.69) is 145 Å². The SMILES string of the molecule is CCCCC/C=C/[Si](C)(C)[OH2+].CCCCC/C=C/c1cccc2ccccc12.Ic1cccc2ccccc12. The topological polar surface area (TPSA) is 22.9 Å². The van der Waals surface area contributed by atoms with Gasteiger partial charge >= 0.3 is 8.32 Å². The van der Waals surface area contributed by atoms with Crippen LogP contribution in [-0.4, -0.2) is 13.1 Å². The molecule has 4 aromatic rings. The van der Waals surface area contributed by atoms with Gasteiger partial charge in [-0.1, -0.05) is 137 Å². The molecule has 0 atom stereocenters. The number of hydrogen-bond donors (Lipinski definition) is 0. The molecule has 0 aliphatic rings. The van der Waals surface area contributed by atoms with E-state index in [0.717, 1.165) is 0 Å². The molecule has 0 bridgehead atoms. The summed E-state index contributed by atoms with van der Waals surface area (Å²) in [6.45, 7) is 8.55. The van der Waals surface area contributed by atoms with Crippen LogP contribution in [0.25, 0.3) is 27.6 Å². The monoisotopic (exact) mass is 651 g/mol. The van der Waals surface area contributed by atoms with Crippen molar-refractivity contribution in [3.05, 3.63) is 112 Å². The molecule has 0 heterocycles. The summed E-state index contributed by atoms with van der Waals surface area (Å²) in [6, 6.07) is 29.8. The third kappa shape index (κ3) is 13.6. The van der Waals surface area contributed by atoms with Crippen LogP contribution in [0.5, 0.6) is 0 Å². The van der Waals surface area contributed by atoms with Gasteiger partial charge in [-0.3, -0.25) is 0 Å². The molecule has 1 nitrogen and oxygen atoms in total. The van der Waals surface area contributed by atoms with E-state index in [1.54, 1.807) is 0 Å². The van der Waals surface area contributed by atoms with Crippen LogP contribution < -0.4 is 0 Å². The summed E-state index contributed by atoms with van der Waals surface area (Å²) in [5.74, 6) is 0. The third-order valence-corrected chi connectivity index (χ3v) is 8.35. The lowest BCUT2D eigenvalue weighted by atomic mass is 10.0. The Bertz CT molecular complexity index is 1280. The standard InChI is InChI=1S/C17H20.C10H7I.C9H20OSi/c1-2-3-4-5-6-10-15-12-9-13-16-11-7-8-14-17(15)16;11-10-7-3-5-8-4-1-2-6-9(8)10;1-4-5-6-7-8-9-11(2,3)10/h6-14H,2-5H2,1H3;1-7H;8-10H,4-7H2,1-3H3/p+1/b10-6+;;9-8+. The van der Waals surface area contributed by atoms with Crippen molar-refractivity contribution >= 4 is 58.5 Å². The molecular weight excluding hydrogens is 603 g/mol. The Hall–Kier alpha value is -2.21. The van der Waals surface area contributed by atoms with Crippen molar-refractivity contribution in [3.8, 4) is 0 Å². The van der Waals surface area contributed by atoms with Crippen molar-refractivity contribution in [1.29, 1.82) is 0 Å². The van der Waals surface area contributed by atoms with E-state index < -0.39 is 8.32 Å². The number of rotatable bonds is 10. The molecule has 0 unspecified atom stereocenters. The lowest BCUT2D eigenvalue weighted by Crippen LogP contribution is -2.21. The van der Waals surface area contributed by atoms with Crippen molar-refractivity contribution in [2.24, 2.45) is 0 Å². The molecule has 0 fully saturated rings. The van der Waals surface area contributed by atoms with Gasteiger partial charge in [0.2, 0.25) is 0 Å². The molecule has 4 rings (SSSR count). The summed E-state index contributed by atoms with van der Waals surface area (Å²) in [4.78, 5) is 7.66. The maximum atomic E-state index is 7.66. The highest BCUT2D eigenvalue weighted by atomic mass is 127. The Morgan fingerprint density at radius 1 is 0.641 bits per heavy atom. The van der Waals surface area contributed by atoms with Crippen LogP contribution in [0.1, 0.15) is 70.8 Å². The van der Waals surface area contributed by atoms with Crippen LogP contribution in [0.3, 0.4) is 0 Å². The van der Waals surface area contributed by atoms with Crippen LogP contribution in [0.4, 0.5) is 0 Å². The predicted octanol–water partition coefficient (Wildman–Crippen LogP) is 11.5. The highest BCUT2D eigenvalue weighted by Gasteiger charge is 2.20. The minimum absolute atomic E-state index is 1.17. The Balaban J connectivity index is 0.000000214. The summed E-state index contributed by atoms with van der Waals surface area (Å²) in [5, 5.41) is 5.33. The van der Waals surface area contributed by atoms with E-state index in [4.69, 9.17) is 4.80 Å². The summed E-state index contributed by atoms with van der Waals surface area (Å²) in [6.07, 6.45) is 16.9. The first-order valence-electron chi connectivity index (χ1n) is 14.6. The zero-order chi connectivity index (χ0) is 28.3. The zero-order valence-corrected chi connectivity index (χ0v) is 27.6. The minimum atomic E-state index is -1.65. The van der Waals surface area contributed by atoms with E-state index >= 15 is 0 Å². The lowest BCUT2D eigenvalue weighted by Gasteiger charge is -2.01. The summed E-state index contributed by atoms with van der Waals surface area (Å²) in [7, 11) is -1.65. The van der Waals surface area contributed by atoms with Crippen LogP contribution >= 0.6 is 22.6 Å². The van der Waals surface area contributed by atoms with Crippen molar-refractivity contribution in [2.75, 3.05) is 0 Å². The second-order valence-electron chi connectivity index (χ2n) is 10.5. The fourth-order valence-corrected chi connectivity index (χ4v) is 5.65. The molecule has 0 spiro atoms. The van der Waals surface area contributed by atoms with E-state index in [0.29, 0.717) is 0 Å². The highest BCUT2D eigenvalue weighted by molar-refractivity contribution is 14.1. The molecule has 0 radical (unpaired) electrons. The second-order valence-corrected chi connectivity index (χ2v) is 15.5. The number of benzene rings is 4. The minimum Gasteiger partial charge on any atom is -0.539 e. The van der Waals surface area contributed by atoms with Crippen LogP contribution in [0, 0.1) is 3.57 Å². The molecule has 0 aliphatic carbocycles. The summed E-state index contributed by atoms with van der Waals surface area (Å²) < 4.78 is 1.32. The molecule has 0 aliphatic heterocycles.